The van der Waals surface area contributed by atoms with E-state index in [2.05, 4.69) is 10.0 Å². The molecule has 0 radical (unpaired) electrons. The molecule has 3 atom stereocenters. The van der Waals surface area contributed by atoms with E-state index in [0.29, 0.717) is 24.7 Å². The number of alkyl halides is 2. The van der Waals surface area contributed by atoms with Crippen molar-refractivity contribution in [3.8, 4) is 0 Å². The molecular formula is C9H16F2N2O2S. The van der Waals surface area contributed by atoms with E-state index in [0.717, 1.165) is 19.5 Å². The topological polar surface area (TPSA) is 58.2 Å². The maximum absolute atomic E-state index is 12.2. The predicted octanol–water partition coefficient (Wildman–Crippen LogP) is 0.516. The van der Waals surface area contributed by atoms with E-state index in [9.17, 15) is 17.2 Å². The molecule has 0 spiro atoms. The smallest absolute Gasteiger partial charge is 0.316 e. The van der Waals surface area contributed by atoms with Crippen molar-refractivity contribution in [3.05, 3.63) is 0 Å². The number of hydrogen-bond acceptors (Lipinski definition) is 3. The molecule has 1 heterocycles. The molecule has 1 unspecified atom stereocenters. The van der Waals surface area contributed by atoms with Crippen LogP contribution in [0.5, 0.6) is 0 Å². The fourth-order valence-corrected chi connectivity index (χ4v) is 3.47. The zero-order valence-electron chi connectivity index (χ0n) is 8.83. The van der Waals surface area contributed by atoms with Gasteiger partial charge in [0, 0.05) is 6.04 Å². The Hall–Kier alpha value is -0.270. The summed E-state index contributed by atoms with van der Waals surface area (Å²) in [5.74, 6) is -2.31. The molecule has 0 amide bonds. The minimum Gasteiger partial charge on any atom is -0.316 e. The predicted molar refractivity (Wildman–Crippen MR) is 55.5 cm³/mol. The molecule has 2 fully saturated rings. The van der Waals surface area contributed by atoms with Gasteiger partial charge in [0.25, 0.3) is 10.0 Å². The molecule has 1 aliphatic carbocycles. The highest BCUT2D eigenvalue weighted by molar-refractivity contribution is 7.89. The molecule has 16 heavy (non-hydrogen) atoms. The van der Waals surface area contributed by atoms with Crippen LogP contribution in [0.3, 0.4) is 0 Å². The highest BCUT2D eigenvalue weighted by Crippen LogP contribution is 2.32. The third kappa shape index (κ3) is 2.52. The van der Waals surface area contributed by atoms with Gasteiger partial charge in [0.1, 0.15) is 0 Å². The van der Waals surface area contributed by atoms with Gasteiger partial charge in [-0.2, -0.15) is 8.78 Å². The van der Waals surface area contributed by atoms with E-state index in [1.54, 1.807) is 0 Å². The normalized spacial score (nSPS) is 35.3. The lowest BCUT2D eigenvalue weighted by Gasteiger charge is -2.31. The number of nitrogens with one attached hydrogen (secondary N) is 2. The summed E-state index contributed by atoms with van der Waals surface area (Å²) < 4.78 is 48.5. The quantitative estimate of drug-likeness (QED) is 0.772. The average molecular weight is 254 g/mol. The molecule has 1 aliphatic heterocycles. The van der Waals surface area contributed by atoms with Crippen LogP contribution < -0.4 is 10.0 Å². The fraction of sp³-hybridized carbons (Fsp3) is 1.00. The lowest BCUT2D eigenvalue weighted by atomic mass is 9.79. The summed E-state index contributed by atoms with van der Waals surface area (Å²) in [4.78, 5) is 0. The molecular weight excluding hydrogens is 238 g/mol. The van der Waals surface area contributed by atoms with Gasteiger partial charge in [-0.25, -0.2) is 13.1 Å². The fourth-order valence-electron chi connectivity index (χ4n) is 2.69. The maximum atomic E-state index is 12.2. The van der Waals surface area contributed by atoms with Crippen LogP contribution in [0.4, 0.5) is 8.78 Å². The third-order valence-electron chi connectivity index (χ3n) is 3.52. The van der Waals surface area contributed by atoms with Crippen molar-refractivity contribution in [3.63, 3.8) is 0 Å². The lowest BCUT2D eigenvalue weighted by Crippen LogP contribution is -2.42. The van der Waals surface area contributed by atoms with Crippen LogP contribution in [0.1, 0.15) is 19.3 Å². The molecule has 94 valence electrons. The Labute approximate surface area is 93.8 Å². The maximum Gasteiger partial charge on any atom is 0.350 e. The van der Waals surface area contributed by atoms with Crippen molar-refractivity contribution in [1.29, 1.82) is 0 Å². The molecule has 0 aromatic rings. The first-order valence-electron chi connectivity index (χ1n) is 5.49. The Balaban J connectivity index is 1.92. The molecule has 7 heteroatoms. The average Bonchev–Trinajstić information content (AvgIpc) is 2.63. The second-order valence-corrected chi connectivity index (χ2v) is 6.29. The first kappa shape index (κ1) is 12.2. The van der Waals surface area contributed by atoms with Gasteiger partial charge < -0.3 is 5.32 Å². The first-order chi connectivity index (χ1) is 7.49. The standard InChI is InChI=1S/C9H16F2N2O2S/c10-9(11)16(14,15)13-8-2-1-6-4-12-5-7(6)3-8/h6-9,12-13H,1-5H2/t6-,7+,8?/m0/s1. The van der Waals surface area contributed by atoms with E-state index in [4.69, 9.17) is 0 Å². The van der Waals surface area contributed by atoms with E-state index >= 15 is 0 Å². The first-order valence-corrected chi connectivity index (χ1v) is 7.03. The molecule has 1 saturated carbocycles. The summed E-state index contributed by atoms with van der Waals surface area (Å²) >= 11 is 0. The Morgan fingerprint density at radius 1 is 1.19 bits per heavy atom. The second-order valence-electron chi connectivity index (χ2n) is 4.61. The Kier molecular flexibility index (Phi) is 3.46. The molecule has 0 aromatic heterocycles. The van der Waals surface area contributed by atoms with Crippen molar-refractivity contribution < 1.29 is 17.2 Å². The summed E-state index contributed by atoms with van der Waals surface area (Å²) in [6, 6.07) is -0.319. The van der Waals surface area contributed by atoms with Gasteiger partial charge in [-0.3, -0.25) is 0 Å². The zero-order valence-corrected chi connectivity index (χ0v) is 9.64. The van der Waals surface area contributed by atoms with Gasteiger partial charge in [0.05, 0.1) is 0 Å². The van der Waals surface area contributed by atoms with Gasteiger partial charge >= 0.3 is 5.76 Å². The molecule has 2 rings (SSSR count). The van der Waals surface area contributed by atoms with E-state index in [1.165, 1.54) is 0 Å². The summed E-state index contributed by atoms with van der Waals surface area (Å²) in [7, 11) is -4.43. The molecule has 0 bridgehead atoms. The third-order valence-corrected chi connectivity index (χ3v) is 4.65. The van der Waals surface area contributed by atoms with Crippen LogP contribution >= 0.6 is 0 Å². The summed E-state index contributed by atoms with van der Waals surface area (Å²) in [5.41, 5.74) is 0. The lowest BCUT2D eigenvalue weighted by molar-refractivity contribution is 0.223. The Bertz CT molecular complexity index is 347. The number of rotatable bonds is 3. The molecule has 4 nitrogen and oxygen atoms in total. The highest BCUT2D eigenvalue weighted by atomic mass is 32.2. The SMILES string of the molecule is O=S(=O)(NC1CC[C@H]2CNC[C@H]2C1)C(F)F. The summed E-state index contributed by atoms with van der Waals surface area (Å²) in [5, 5.41) is 3.25. The largest absolute Gasteiger partial charge is 0.350 e. The van der Waals surface area contributed by atoms with Gasteiger partial charge in [0.2, 0.25) is 0 Å². The number of hydrogen-bond donors (Lipinski definition) is 2. The number of halogens is 2. The molecule has 1 saturated heterocycles. The van der Waals surface area contributed by atoms with Crippen molar-refractivity contribution in [2.45, 2.75) is 31.1 Å². The van der Waals surface area contributed by atoms with Gasteiger partial charge in [0.15, 0.2) is 0 Å². The van der Waals surface area contributed by atoms with Gasteiger partial charge in [-0.05, 0) is 44.2 Å². The van der Waals surface area contributed by atoms with Crippen molar-refractivity contribution in [1.82, 2.24) is 10.0 Å². The van der Waals surface area contributed by atoms with Gasteiger partial charge in [-0.15, -0.1) is 0 Å². The number of fused-ring (bicyclic) bond motifs is 1. The van der Waals surface area contributed by atoms with Crippen LogP contribution in [0, 0.1) is 11.8 Å². The van der Waals surface area contributed by atoms with Crippen molar-refractivity contribution in [2.24, 2.45) is 11.8 Å². The minimum atomic E-state index is -4.43. The van der Waals surface area contributed by atoms with Crippen LogP contribution in [0.15, 0.2) is 0 Å². The van der Waals surface area contributed by atoms with Crippen LogP contribution in [-0.2, 0) is 10.0 Å². The van der Waals surface area contributed by atoms with Crippen LogP contribution in [0.25, 0.3) is 0 Å². The van der Waals surface area contributed by atoms with Crippen LogP contribution in [-0.4, -0.2) is 33.3 Å². The second kappa shape index (κ2) is 4.54. The molecule has 2 aliphatic rings. The summed E-state index contributed by atoms with van der Waals surface area (Å²) in [6.45, 7) is 1.84. The number of sulfonamides is 1. The molecule has 0 aromatic carbocycles. The Morgan fingerprint density at radius 2 is 1.88 bits per heavy atom. The minimum absolute atomic E-state index is 0.319. The van der Waals surface area contributed by atoms with Crippen LogP contribution in [0.2, 0.25) is 0 Å². The van der Waals surface area contributed by atoms with Crippen molar-refractivity contribution >= 4 is 10.0 Å². The van der Waals surface area contributed by atoms with Gasteiger partial charge in [-0.1, -0.05) is 0 Å². The monoisotopic (exact) mass is 254 g/mol. The van der Waals surface area contributed by atoms with Crippen molar-refractivity contribution in [2.75, 3.05) is 13.1 Å². The van der Waals surface area contributed by atoms with E-state index < -0.39 is 15.8 Å². The summed E-state index contributed by atoms with van der Waals surface area (Å²) in [6.07, 6.45) is 2.24. The zero-order chi connectivity index (χ0) is 11.8. The highest BCUT2D eigenvalue weighted by Gasteiger charge is 2.36. The Morgan fingerprint density at radius 3 is 2.56 bits per heavy atom. The van der Waals surface area contributed by atoms with E-state index in [-0.39, 0.29) is 6.04 Å². The molecule has 2 N–H and O–H groups in total. The van der Waals surface area contributed by atoms with E-state index in [1.807, 2.05) is 0 Å².